The van der Waals surface area contributed by atoms with Crippen LogP contribution in [-0.4, -0.2) is 90.1 Å². The molecule has 0 aliphatic heterocycles. The molecule has 16 nitrogen and oxygen atoms in total. The second-order valence-corrected chi connectivity index (χ2v) is 13.5. The number of hydrogen-bond acceptors (Lipinski definition) is 11. The zero-order chi connectivity index (χ0) is 39.5. The Balaban J connectivity index is 2.11. The molecule has 0 radical (unpaired) electrons. The van der Waals surface area contributed by atoms with Crippen molar-refractivity contribution in [1.82, 2.24) is 26.6 Å². The molecule has 2 aromatic carbocycles. The van der Waals surface area contributed by atoms with Gasteiger partial charge in [-0.15, -0.1) is 0 Å². The highest BCUT2D eigenvalue weighted by molar-refractivity contribution is 6.43. The monoisotopic (exact) mass is 739 g/mol. The number of hydrogen-bond donors (Lipinski definition) is 11. The first-order valence-corrected chi connectivity index (χ1v) is 18.2. The lowest BCUT2D eigenvalue weighted by molar-refractivity contribution is -0.134. The largest absolute Gasteiger partial charge is 0.490 e. The van der Waals surface area contributed by atoms with Crippen LogP contribution in [0.25, 0.3) is 11.1 Å². The van der Waals surface area contributed by atoms with Gasteiger partial charge in [0.1, 0.15) is 24.2 Å². The van der Waals surface area contributed by atoms with Gasteiger partial charge in [0.15, 0.2) is 6.17 Å². The Bertz CT molecular complexity index is 1460. The molecule has 5 amide bonds. The molecule has 0 spiro atoms. The molecule has 17 heteroatoms. The molecule has 5 atom stereocenters. The number of unbranched alkanes of at least 4 members (excludes halogenated alkanes) is 2. The highest BCUT2D eigenvalue weighted by Crippen LogP contribution is 2.21. The van der Waals surface area contributed by atoms with Gasteiger partial charge in [0, 0.05) is 5.56 Å². The van der Waals surface area contributed by atoms with Gasteiger partial charge in [-0.25, -0.2) is 0 Å². The Labute approximate surface area is 312 Å². The molecule has 0 heterocycles. The van der Waals surface area contributed by atoms with Gasteiger partial charge >= 0.3 is 7.12 Å². The molecule has 0 aliphatic rings. The maximum absolute atomic E-state index is 13.5. The van der Waals surface area contributed by atoms with Crippen molar-refractivity contribution in [1.29, 1.82) is 0 Å². The van der Waals surface area contributed by atoms with Gasteiger partial charge in [-0.2, -0.15) is 0 Å². The summed E-state index contributed by atoms with van der Waals surface area (Å²) in [5.74, 6) is -3.72. The topological polar surface area (TPSA) is 290 Å². The van der Waals surface area contributed by atoms with E-state index in [1.807, 2.05) is 12.1 Å². The molecule has 0 aromatic heterocycles. The van der Waals surface area contributed by atoms with Crippen LogP contribution >= 0.6 is 0 Å². The molecule has 15 N–H and O–H groups in total. The smallest absolute Gasteiger partial charge is 0.425 e. The lowest BCUT2D eigenvalue weighted by Crippen LogP contribution is -2.62. The first kappa shape index (κ1) is 44.8. The van der Waals surface area contributed by atoms with E-state index in [1.165, 1.54) is 5.56 Å². The standard InChI is InChI=1S/C36H58BN9O7/c1-4-5-8-23-10-12-24(13-11-23)25-14-16-26(17-15-25)31(47)42-27(9-6-7-19-38)32(48)43-28(18-20-39)33(49)45-30(40)35(51)44-29(21-22(2)3)34(50)46-36(41)37(52)53/h10-17,22,27-30,36,52-53H,4-9,18-21,38-41H2,1-3H3,(H,42,47)(H,43,48)(H,44,51)(H,45,49)(H,46,50)/t27-,28-,29-,30+,36+/m0/s1. The summed E-state index contributed by atoms with van der Waals surface area (Å²) in [7, 11) is -2.03. The second-order valence-electron chi connectivity index (χ2n) is 13.5. The van der Waals surface area contributed by atoms with E-state index < -0.39 is 67.0 Å². The van der Waals surface area contributed by atoms with Crippen LogP contribution in [-0.2, 0) is 25.6 Å². The van der Waals surface area contributed by atoms with Crippen molar-refractivity contribution < 1.29 is 34.0 Å². The third-order valence-corrected chi connectivity index (χ3v) is 8.46. The Kier molecular flexibility index (Phi) is 19.7. The Morgan fingerprint density at radius 1 is 0.660 bits per heavy atom. The highest BCUT2D eigenvalue weighted by Gasteiger charge is 2.31. The second kappa shape index (κ2) is 23.3. The normalized spacial score (nSPS) is 13.9. The zero-order valence-electron chi connectivity index (χ0n) is 31.0. The van der Waals surface area contributed by atoms with Crippen LogP contribution in [0.4, 0.5) is 0 Å². The number of rotatable bonds is 23. The van der Waals surface area contributed by atoms with Gasteiger partial charge in [-0.05, 0) is 92.8 Å². The highest BCUT2D eigenvalue weighted by atomic mass is 16.4. The molecular formula is C36H58BN9O7. The van der Waals surface area contributed by atoms with Crippen molar-refractivity contribution >= 4 is 36.7 Å². The maximum atomic E-state index is 13.5. The summed E-state index contributed by atoms with van der Waals surface area (Å²) in [4.78, 5) is 65.7. The SMILES string of the molecule is CCCCc1ccc(-c2ccc(C(=O)N[C@@H](CCCCN)C(=O)N[C@@H](CCN)C(=O)N[C@@H](N)C(=O)N[C@@H](CC(C)C)C(=O)N[C@@H](N)B(O)O)cc2)cc1. The van der Waals surface area contributed by atoms with E-state index >= 15 is 0 Å². The van der Waals surface area contributed by atoms with Crippen LogP contribution < -0.4 is 49.5 Å². The van der Waals surface area contributed by atoms with Gasteiger partial charge in [0.2, 0.25) is 17.7 Å². The van der Waals surface area contributed by atoms with Gasteiger partial charge in [0.25, 0.3) is 11.8 Å². The number of benzene rings is 2. The Hall–Kier alpha value is -4.39. The fourth-order valence-electron chi connectivity index (χ4n) is 5.39. The van der Waals surface area contributed by atoms with Gasteiger partial charge in [-0.1, -0.05) is 63.6 Å². The fourth-order valence-corrected chi connectivity index (χ4v) is 5.39. The van der Waals surface area contributed by atoms with Crippen molar-refractivity contribution in [3.05, 3.63) is 59.7 Å². The number of nitrogens with one attached hydrogen (secondary N) is 5. The van der Waals surface area contributed by atoms with Gasteiger partial charge in [-0.3, -0.25) is 24.0 Å². The van der Waals surface area contributed by atoms with Gasteiger partial charge in [0.05, 0.1) is 0 Å². The summed E-state index contributed by atoms with van der Waals surface area (Å²) in [5, 5.41) is 30.8. The molecule has 53 heavy (non-hydrogen) atoms. The van der Waals surface area contributed by atoms with E-state index in [9.17, 15) is 34.0 Å². The predicted molar refractivity (Wildman–Crippen MR) is 204 cm³/mol. The summed E-state index contributed by atoms with van der Waals surface area (Å²) in [5.41, 5.74) is 26.4. The van der Waals surface area contributed by atoms with Crippen molar-refractivity contribution in [3.63, 3.8) is 0 Å². The lowest BCUT2D eigenvalue weighted by Gasteiger charge is -2.26. The summed E-state index contributed by atoms with van der Waals surface area (Å²) in [6, 6.07) is 10.5. The van der Waals surface area contributed by atoms with Crippen LogP contribution in [0.2, 0.25) is 0 Å². The summed E-state index contributed by atoms with van der Waals surface area (Å²) in [6.45, 7) is 6.13. The molecule has 2 rings (SSSR count). The number of carbonyl (C=O) groups excluding carboxylic acids is 5. The molecular weight excluding hydrogens is 681 g/mol. The summed E-state index contributed by atoms with van der Waals surface area (Å²) >= 11 is 0. The summed E-state index contributed by atoms with van der Waals surface area (Å²) < 4.78 is 0. The van der Waals surface area contributed by atoms with E-state index in [2.05, 4.69) is 57.8 Å². The third kappa shape index (κ3) is 15.6. The number of nitrogens with two attached hydrogens (primary N) is 4. The number of amides is 5. The van der Waals surface area contributed by atoms with Crippen LogP contribution in [0.5, 0.6) is 0 Å². The molecule has 0 bridgehead atoms. The first-order valence-electron chi connectivity index (χ1n) is 18.2. The minimum absolute atomic E-state index is 0.00852. The first-order chi connectivity index (χ1) is 25.2. The average Bonchev–Trinajstić information content (AvgIpc) is 3.12. The van der Waals surface area contributed by atoms with Crippen molar-refractivity contribution in [3.8, 4) is 11.1 Å². The van der Waals surface area contributed by atoms with Crippen LogP contribution in [0.15, 0.2) is 48.5 Å². The lowest BCUT2D eigenvalue weighted by atomic mass is 9.86. The molecule has 0 saturated carbocycles. The average molecular weight is 740 g/mol. The molecule has 0 unspecified atom stereocenters. The van der Waals surface area contributed by atoms with E-state index in [4.69, 9.17) is 22.9 Å². The van der Waals surface area contributed by atoms with E-state index in [-0.39, 0.29) is 31.7 Å². The molecule has 292 valence electrons. The van der Waals surface area contributed by atoms with E-state index in [0.717, 1.165) is 30.4 Å². The van der Waals surface area contributed by atoms with Crippen molar-refractivity contribution in [2.45, 2.75) is 102 Å². The van der Waals surface area contributed by atoms with Crippen LogP contribution in [0.1, 0.15) is 81.6 Å². The van der Waals surface area contributed by atoms with E-state index in [1.54, 1.807) is 26.0 Å². The number of carbonyl (C=O) groups is 5. The fraction of sp³-hybridized carbons (Fsp3) is 0.528. The maximum Gasteiger partial charge on any atom is 0.490 e. The number of aryl methyl sites for hydroxylation is 1. The quantitative estimate of drug-likeness (QED) is 0.0377. The van der Waals surface area contributed by atoms with Crippen molar-refractivity contribution in [2.75, 3.05) is 13.1 Å². The predicted octanol–water partition coefficient (Wildman–Crippen LogP) is -0.898. The zero-order valence-corrected chi connectivity index (χ0v) is 31.0. The van der Waals surface area contributed by atoms with Gasteiger partial charge < -0.3 is 59.6 Å². The Morgan fingerprint density at radius 3 is 1.75 bits per heavy atom. The van der Waals surface area contributed by atoms with Crippen LogP contribution in [0.3, 0.4) is 0 Å². The third-order valence-electron chi connectivity index (χ3n) is 8.46. The molecule has 2 aromatic rings. The minimum atomic E-state index is -2.03. The minimum Gasteiger partial charge on any atom is -0.425 e. The summed E-state index contributed by atoms with van der Waals surface area (Å²) in [6.07, 6.45) is 3.13. The van der Waals surface area contributed by atoms with Crippen LogP contribution in [0, 0.1) is 5.92 Å². The Morgan fingerprint density at radius 2 is 1.21 bits per heavy atom. The molecule has 0 saturated heterocycles. The molecule has 0 aliphatic carbocycles. The van der Waals surface area contributed by atoms with Crippen molar-refractivity contribution in [2.24, 2.45) is 28.9 Å². The van der Waals surface area contributed by atoms with E-state index in [0.29, 0.717) is 24.9 Å². The molecule has 0 fully saturated rings.